The standard InChI is InChI=1S/C18H25N5O3/c1-11-19-22-17(26-11)16-8-13(25-2)10-23(16)18(24)15-9-14(20-21-15)12-6-4-3-5-7-12/h9,12-13,16H,3-8,10H2,1-2H3,(H,20,21)/t13-,16-/m1/s1. The van der Waals surface area contributed by atoms with E-state index in [-0.39, 0.29) is 18.1 Å². The van der Waals surface area contributed by atoms with Crippen LogP contribution >= 0.6 is 0 Å². The summed E-state index contributed by atoms with van der Waals surface area (Å²) in [6, 6.07) is 1.64. The van der Waals surface area contributed by atoms with E-state index in [0.717, 1.165) is 18.5 Å². The van der Waals surface area contributed by atoms with Crippen molar-refractivity contribution < 1.29 is 13.9 Å². The number of nitrogens with zero attached hydrogens (tertiary/aromatic N) is 4. The van der Waals surface area contributed by atoms with Crippen LogP contribution in [0.1, 0.15) is 78.4 Å². The van der Waals surface area contributed by atoms with E-state index >= 15 is 0 Å². The molecule has 2 aromatic rings. The molecule has 1 amide bonds. The van der Waals surface area contributed by atoms with Crippen LogP contribution in [0.2, 0.25) is 0 Å². The molecule has 1 N–H and O–H groups in total. The quantitative estimate of drug-likeness (QED) is 0.901. The molecule has 1 aliphatic heterocycles. The number of nitrogens with one attached hydrogen (secondary N) is 1. The Labute approximate surface area is 152 Å². The molecule has 2 atom stereocenters. The van der Waals surface area contributed by atoms with E-state index in [1.807, 2.05) is 6.07 Å². The maximum absolute atomic E-state index is 13.1. The summed E-state index contributed by atoms with van der Waals surface area (Å²) >= 11 is 0. The second-order valence-corrected chi connectivity index (χ2v) is 7.27. The number of rotatable bonds is 4. The first-order chi connectivity index (χ1) is 12.7. The first kappa shape index (κ1) is 17.2. The predicted molar refractivity (Wildman–Crippen MR) is 92.6 cm³/mol. The molecule has 26 heavy (non-hydrogen) atoms. The van der Waals surface area contributed by atoms with Crippen LogP contribution in [0.3, 0.4) is 0 Å². The third-order valence-corrected chi connectivity index (χ3v) is 5.55. The van der Waals surface area contributed by atoms with Gasteiger partial charge in [0.2, 0.25) is 11.8 Å². The topological polar surface area (TPSA) is 97.1 Å². The number of ether oxygens (including phenoxy) is 1. The molecule has 0 unspecified atom stereocenters. The number of amides is 1. The van der Waals surface area contributed by atoms with Gasteiger partial charge in [-0.05, 0) is 18.9 Å². The minimum Gasteiger partial charge on any atom is -0.423 e. The van der Waals surface area contributed by atoms with Gasteiger partial charge in [0.05, 0.1) is 6.10 Å². The molecule has 2 fully saturated rings. The maximum atomic E-state index is 13.1. The maximum Gasteiger partial charge on any atom is 0.275 e. The van der Waals surface area contributed by atoms with Crippen molar-refractivity contribution in [3.63, 3.8) is 0 Å². The van der Waals surface area contributed by atoms with Crippen LogP contribution in [0.4, 0.5) is 0 Å². The lowest BCUT2D eigenvalue weighted by molar-refractivity contribution is 0.0668. The van der Waals surface area contributed by atoms with Crippen molar-refractivity contribution in [3.05, 3.63) is 29.2 Å². The molecular formula is C18H25N5O3. The molecule has 4 rings (SSSR count). The minimum atomic E-state index is -0.275. The predicted octanol–water partition coefficient (Wildman–Crippen LogP) is 2.75. The van der Waals surface area contributed by atoms with E-state index in [1.54, 1.807) is 18.9 Å². The lowest BCUT2D eigenvalue weighted by atomic mass is 9.87. The summed E-state index contributed by atoms with van der Waals surface area (Å²) in [5, 5.41) is 15.4. The smallest absolute Gasteiger partial charge is 0.275 e. The van der Waals surface area contributed by atoms with Crippen LogP contribution in [-0.2, 0) is 4.74 Å². The van der Waals surface area contributed by atoms with Crippen LogP contribution in [-0.4, -0.2) is 51.0 Å². The molecule has 2 aromatic heterocycles. The third-order valence-electron chi connectivity index (χ3n) is 5.55. The highest BCUT2D eigenvalue weighted by Gasteiger charge is 2.40. The van der Waals surface area contributed by atoms with Crippen molar-refractivity contribution in [1.29, 1.82) is 0 Å². The number of hydrogen-bond acceptors (Lipinski definition) is 6. The molecule has 8 heteroatoms. The van der Waals surface area contributed by atoms with Gasteiger partial charge in [-0.1, -0.05) is 19.3 Å². The second kappa shape index (κ2) is 7.19. The minimum absolute atomic E-state index is 0.0482. The number of H-pyrrole nitrogens is 1. The van der Waals surface area contributed by atoms with Crippen molar-refractivity contribution in [3.8, 4) is 0 Å². The van der Waals surface area contributed by atoms with E-state index in [9.17, 15) is 4.79 Å². The van der Waals surface area contributed by atoms with E-state index in [4.69, 9.17) is 9.15 Å². The van der Waals surface area contributed by atoms with Gasteiger partial charge in [0, 0.05) is 38.6 Å². The summed E-state index contributed by atoms with van der Waals surface area (Å²) in [6.07, 6.45) is 6.70. The van der Waals surface area contributed by atoms with Gasteiger partial charge >= 0.3 is 0 Å². The summed E-state index contributed by atoms with van der Waals surface area (Å²) in [5.74, 6) is 1.31. The Morgan fingerprint density at radius 2 is 2.12 bits per heavy atom. The number of methoxy groups -OCH3 is 1. The van der Waals surface area contributed by atoms with Crippen molar-refractivity contribution >= 4 is 5.91 Å². The van der Waals surface area contributed by atoms with Gasteiger partial charge in [0.15, 0.2) is 0 Å². The highest BCUT2D eigenvalue weighted by atomic mass is 16.5. The molecule has 0 aromatic carbocycles. The van der Waals surface area contributed by atoms with Crippen LogP contribution in [0, 0.1) is 6.92 Å². The Morgan fingerprint density at radius 3 is 2.81 bits per heavy atom. The first-order valence-corrected chi connectivity index (χ1v) is 9.34. The molecule has 1 aliphatic carbocycles. The molecule has 0 radical (unpaired) electrons. The number of carbonyl (C=O) groups is 1. The van der Waals surface area contributed by atoms with Gasteiger partial charge in [-0.3, -0.25) is 9.89 Å². The number of aromatic amines is 1. The van der Waals surface area contributed by atoms with E-state index in [1.165, 1.54) is 19.3 Å². The van der Waals surface area contributed by atoms with Gasteiger partial charge < -0.3 is 14.1 Å². The molecule has 1 saturated carbocycles. The Bertz CT molecular complexity index is 764. The summed E-state index contributed by atoms with van der Waals surface area (Å²) in [5.41, 5.74) is 1.52. The van der Waals surface area contributed by atoms with E-state index < -0.39 is 0 Å². The lowest BCUT2D eigenvalue weighted by Gasteiger charge is -2.21. The number of likely N-dealkylation sites (tertiary alicyclic amines) is 1. The Kier molecular flexibility index (Phi) is 4.76. The molecule has 0 spiro atoms. The monoisotopic (exact) mass is 359 g/mol. The zero-order chi connectivity index (χ0) is 18.1. The molecular weight excluding hydrogens is 334 g/mol. The summed E-state index contributed by atoms with van der Waals surface area (Å²) in [7, 11) is 1.66. The zero-order valence-electron chi connectivity index (χ0n) is 15.3. The molecule has 8 nitrogen and oxygen atoms in total. The fourth-order valence-electron chi connectivity index (χ4n) is 4.09. The van der Waals surface area contributed by atoms with Crippen molar-refractivity contribution in [2.45, 2.75) is 63.5 Å². The van der Waals surface area contributed by atoms with Gasteiger partial charge in [0.25, 0.3) is 5.91 Å². The normalized spacial score (nSPS) is 24.3. The summed E-state index contributed by atoms with van der Waals surface area (Å²) in [4.78, 5) is 14.8. The van der Waals surface area contributed by atoms with Crippen LogP contribution < -0.4 is 0 Å². The van der Waals surface area contributed by atoms with Crippen molar-refractivity contribution in [2.24, 2.45) is 0 Å². The van der Waals surface area contributed by atoms with Gasteiger partial charge in [-0.25, -0.2) is 0 Å². The Hall–Kier alpha value is -2.22. The molecule has 2 aliphatic rings. The first-order valence-electron chi connectivity index (χ1n) is 9.34. The third kappa shape index (κ3) is 3.25. The second-order valence-electron chi connectivity index (χ2n) is 7.27. The number of aryl methyl sites for hydroxylation is 1. The lowest BCUT2D eigenvalue weighted by Crippen LogP contribution is -2.32. The van der Waals surface area contributed by atoms with Crippen LogP contribution in [0.25, 0.3) is 0 Å². The number of hydrogen-bond donors (Lipinski definition) is 1. The van der Waals surface area contributed by atoms with Gasteiger partial charge in [0.1, 0.15) is 11.7 Å². The fourth-order valence-corrected chi connectivity index (χ4v) is 4.09. The van der Waals surface area contributed by atoms with E-state index in [2.05, 4.69) is 20.4 Å². The van der Waals surface area contributed by atoms with E-state index in [0.29, 0.717) is 36.4 Å². The molecule has 1 saturated heterocycles. The average molecular weight is 359 g/mol. The average Bonchev–Trinajstić information content (AvgIpc) is 3.40. The van der Waals surface area contributed by atoms with Crippen LogP contribution in [0.5, 0.6) is 0 Å². The van der Waals surface area contributed by atoms with Gasteiger partial charge in [-0.15, -0.1) is 10.2 Å². The van der Waals surface area contributed by atoms with Crippen molar-refractivity contribution in [2.75, 3.05) is 13.7 Å². The van der Waals surface area contributed by atoms with Crippen molar-refractivity contribution in [1.82, 2.24) is 25.3 Å². The highest BCUT2D eigenvalue weighted by Crippen LogP contribution is 2.35. The highest BCUT2D eigenvalue weighted by molar-refractivity contribution is 5.93. The number of aromatic nitrogens is 4. The summed E-state index contributed by atoms with van der Waals surface area (Å²) in [6.45, 7) is 2.24. The Balaban J connectivity index is 1.54. The molecule has 140 valence electrons. The molecule has 3 heterocycles. The SMILES string of the molecule is CO[C@@H]1C[C@H](c2nnc(C)o2)N(C(=O)c2cc(C3CCCCC3)[nH]n2)C1. The molecule has 0 bridgehead atoms. The van der Waals surface area contributed by atoms with Crippen LogP contribution in [0.15, 0.2) is 10.5 Å². The summed E-state index contributed by atoms with van der Waals surface area (Å²) < 4.78 is 11.1. The largest absolute Gasteiger partial charge is 0.423 e. The number of carbonyl (C=O) groups excluding carboxylic acids is 1. The fraction of sp³-hybridized carbons (Fsp3) is 0.667. The Morgan fingerprint density at radius 1 is 1.31 bits per heavy atom. The van der Waals surface area contributed by atoms with Gasteiger partial charge in [-0.2, -0.15) is 5.10 Å². The zero-order valence-corrected chi connectivity index (χ0v) is 15.3.